The van der Waals surface area contributed by atoms with Gasteiger partial charge < -0.3 is 5.32 Å². The molecule has 3 heterocycles. The molecule has 8 heteroatoms. The highest BCUT2D eigenvalue weighted by molar-refractivity contribution is 9.11. The number of fused-ring (bicyclic) bond motifs is 1. The van der Waals surface area contributed by atoms with Crippen LogP contribution in [0.1, 0.15) is 13.3 Å². The lowest BCUT2D eigenvalue weighted by atomic mass is 9.93. The zero-order chi connectivity index (χ0) is 14.5. The maximum Gasteiger partial charge on any atom is 0.252 e. The van der Waals surface area contributed by atoms with E-state index in [0.29, 0.717) is 31.4 Å². The normalized spacial score (nSPS) is 30.9. The number of nitrogens with one attached hydrogen (secondary N) is 1. The van der Waals surface area contributed by atoms with Gasteiger partial charge >= 0.3 is 0 Å². The van der Waals surface area contributed by atoms with Crippen molar-refractivity contribution >= 4 is 48.9 Å². The Labute approximate surface area is 136 Å². The Kier molecular flexibility index (Phi) is 4.20. The van der Waals surface area contributed by atoms with Gasteiger partial charge in [0.15, 0.2) is 0 Å². The topological polar surface area (TPSA) is 49.4 Å². The highest BCUT2D eigenvalue weighted by Gasteiger charge is 2.48. The zero-order valence-corrected chi connectivity index (χ0v) is 14.9. The van der Waals surface area contributed by atoms with Crippen molar-refractivity contribution < 1.29 is 8.42 Å². The molecule has 3 unspecified atom stereocenters. The van der Waals surface area contributed by atoms with Crippen molar-refractivity contribution in [3.05, 3.63) is 14.9 Å². The molecular formula is C12H16BrClN2O2S2. The summed E-state index contributed by atoms with van der Waals surface area (Å²) in [6.07, 6.45) is 0.850. The van der Waals surface area contributed by atoms with Gasteiger partial charge in [-0.2, -0.15) is 4.31 Å². The van der Waals surface area contributed by atoms with Gasteiger partial charge in [0.25, 0.3) is 10.0 Å². The van der Waals surface area contributed by atoms with E-state index in [1.165, 1.54) is 11.3 Å². The number of nitrogens with zero attached hydrogens (tertiary/aromatic N) is 1. The molecule has 0 aliphatic carbocycles. The first kappa shape index (κ1) is 15.2. The Morgan fingerprint density at radius 1 is 1.55 bits per heavy atom. The molecule has 3 atom stereocenters. The molecule has 0 aromatic carbocycles. The molecule has 112 valence electrons. The molecular weight excluding hydrogens is 384 g/mol. The van der Waals surface area contributed by atoms with Gasteiger partial charge in [-0.25, -0.2) is 8.42 Å². The number of halogens is 2. The summed E-state index contributed by atoms with van der Waals surface area (Å²) in [6, 6.07) is 1.64. The van der Waals surface area contributed by atoms with Crippen molar-refractivity contribution in [2.45, 2.75) is 23.6 Å². The van der Waals surface area contributed by atoms with Crippen molar-refractivity contribution in [3.63, 3.8) is 0 Å². The van der Waals surface area contributed by atoms with E-state index >= 15 is 0 Å². The number of sulfonamides is 1. The molecule has 3 rings (SSSR count). The van der Waals surface area contributed by atoms with E-state index < -0.39 is 10.0 Å². The molecule has 0 bridgehead atoms. The van der Waals surface area contributed by atoms with Gasteiger partial charge in [-0.05, 0) is 53.3 Å². The Morgan fingerprint density at radius 3 is 2.90 bits per heavy atom. The third kappa shape index (κ3) is 2.36. The first-order valence-electron chi connectivity index (χ1n) is 6.62. The van der Waals surface area contributed by atoms with Crippen LogP contribution in [0.25, 0.3) is 0 Å². The summed E-state index contributed by atoms with van der Waals surface area (Å²) in [5.41, 5.74) is 0. The molecule has 1 N–H and O–H groups in total. The fraction of sp³-hybridized carbons (Fsp3) is 0.667. The summed E-state index contributed by atoms with van der Waals surface area (Å²) >= 11 is 10.5. The SMILES string of the molecule is CCC1C2CNCC2CN1S(=O)(=O)c1cc(Cl)c(Br)s1. The van der Waals surface area contributed by atoms with Crippen LogP contribution in [0, 0.1) is 11.8 Å². The van der Waals surface area contributed by atoms with Crippen LogP contribution in [0.4, 0.5) is 0 Å². The van der Waals surface area contributed by atoms with Crippen molar-refractivity contribution in [2.24, 2.45) is 11.8 Å². The van der Waals surface area contributed by atoms with E-state index in [0.717, 1.165) is 19.5 Å². The first-order valence-corrected chi connectivity index (χ1v) is 10.0. The van der Waals surface area contributed by atoms with Gasteiger partial charge in [0.1, 0.15) is 4.21 Å². The minimum Gasteiger partial charge on any atom is -0.316 e. The predicted molar refractivity (Wildman–Crippen MR) is 84.8 cm³/mol. The molecule has 20 heavy (non-hydrogen) atoms. The highest BCUT2D eigenvalue weighted by atomic mass is 79.9. The minimum absolute atomic E-state index is 0.0969. The molecule has 2 aliphatic rings. The number of thiophene rings is 1. The second-order valence-corrected chi connectivity index (χ2v) is 10.2. The molecule has 0 radical (unpaired) electrons. The van der Waals surface area contributed by atoms with E-state index in [-0.39, 0.29) is 6.04 Å². The zero-order valence-electron chi connectivity index (χ0n) is 11.0. The van der Waals surface area contributed by atoms with Crippen LogP contribution < -0.4 is 5.32 Å². The van der Waals surface area contributed by atoms with Gasteiger partial charge in [0.05, 0.1) is 8.81 Å². The van der Waals surface area contributed by atoms with Gasteiger partial charge in [0.2, 0.25) is 0 Å². The average molecular weight is 400 g/mol. The molecule has 0 saturated carbocycles. The summed E-state index contributed by atoms with van der Waals surface area (Å²) in [7, 11) is -3.43. The molecule has 2 aliphatic heterocycles. The Morgan fingerprint density at radius 2 is 2.30 bits per heavy atom. The van der Waals surface area contributed by atoms with Crippen LogP contribution in [-0.4, -0.2) is 38.4 Å². The van der Waals surface area contributed by atoms with Gasteiger partial charge in [0, 0.05) is 12.6 Å². The van der Waals surface area contributed by atoms with E-state index in [1.807, 2.05) is 0 Å². The molecule has 1 aromatic heterocycles. The van der Waals surface area contributed by atoms with E-state index in [9.17, 15) is 8.42 Å². The quantitative estimate of drug-likeness (QED) is 0.850. The van der Waals surface area contributed by atoms with Crippen molar-refractivity contribution in [2.75, 3.05) is 19.6 Å². The Bertz CT molecular complexity index is 599. The summed E-state index contributed by atoms with van der Waals surface area (Å²) in [4.78, 5) is 0. The number of rotatable bonds is 3. The predicted octanol–water partition coefficient (Wildman–Crippen LogP) is 2.78. The molecule has 2 fully saturated rings. The van der Waals surface area contributed by atoms with Crippen LogP contribution in [0.2, 0.25) is 5.02 Å². The third-order valence-corrected chi connectivity index (χ3v) is 9.09. The second-order valence-electron chi connectivity index (χ2n) is 5.32. The first-order chi connectivity index (χ1) is 9.45. The van der Waals surface area contributed by atoms with Gasteiger partial charge in [-0.1, -0.05) is 18.5 Å². The summed E-state index contributed by atoms with van der Waals surface area (Å²) in [5, 5.41) is 3.83. The fourth-order valence-electron chi connectivity index (χ4n) is 3.34. The van der Waals surface area contributed by atoms with Crippen LogP contribution in [-0.2, 0) is 10.0 Å². The lowest BCUT2D eigenvalue weighted by Gasteiger charge is -2.25. The maximum atomic E-state index is 12.8. The largest absolute Gasteiger partial charge is 0.316 e. The fourth-order valence-corrected chi connectivity index (χ4v) is 7.66. The Balaban J connectivity index is 1.95. The smallest absolute Gasteiger partial charge is 0.252 e. The Hall–Kier alpha value is 0.340. The van der Waals surface area contributed by atoms with Crippen LogP contribution in [0.5, 0.6) is 0 Å². The van der Waals surface area contributed by atoms with E-state index in [1.54, 1.807) is 10.4 Å². The average Bonchev–Trinajstić information content (AvgIpc) is 3.04. The van der Waals surface area contributed by atoms with Crippen molar-refractivity contribution in [3.8, 4) is 0 Å². The van der Waals surface area contributed by atoms with E-state index in [2.05, 4.69) is 28.2 Å². The standard InChI is InChI=1S/C12H16BrClN2O2S2/c1-2-10-8-5-15-4-7(8)6-16(10)20(17,18)11-3-9(14)12(13)19-11/h3,7-8,10,15H,2,4-6H2,1H3. The third-order valence-electron chi connectivity index (χ3n) is 4.27. The molecule has 4 nitrogen and oxygen atoms in total. The van der Waals surface area contributed by atoms with Crippen LogP contribution >= 0.6 is 38.9 Å². The molecule has 0 spiro atoms. The molecule has 1 aromatic rings. The lowest BCUT2D eigenvalue weighted by Crippen LogP contribution is -2.39. The number of hydrogen-bond donors (Lipinski definition) is 1. The molecule has 0 amide bonds. The maximum absolute atomic E-state index is 12.8. The second kappa shape index (κ2) is 5.52. The highest BCUT2D eigenvalue weighted by Crippen LogP contribution is 2.41. The van der Waals surface area contributed by atoms with Crippen LogP contribution in [0.15, 0.2) is 14.1 Å². The van der Waals surface area contributed by atoms with Gasteiger partial charge in [-0.15, -0.1) is 11.3 Å². The van der Waals surface area contributed by atoms with Crippen molar-refractivity contribution in [1.29, 1.82) is 0 Å². The number of hydrogen-bond acceptors (Lipinski definition) is 4. The summed E-state index contributed by atoms with van der Waals surface area (Å²) < 4.78 is 28.4. The lowest BCUT2D eigenvalue weighted by molar-refractivity contribution is 0.329. The van der Waals surface area contributed by atoms with Crippen molar-refractivity contribution in [1.82, 2.24) is 9.62 Å². The van der Waals surface area contributed by atoms with Gasteiger partial charge in [-0.3, -0.25) is 0 Å². The summed E-state index contributed by atoms with van der Waals surface area (Å²) in [6.45, 7) is 4.52. The van der Waals surface area contributed by atoms with Crippen LogP contribution in [0.3, 0.4) is 0 Å². The minimum atomic E-state index is -3.43. The monoisotopic (exact) mass is 398 g/mol. The summed E-state index contributed by atoms with van der Waals surface area (Å²) in [5.74, 6) is 0.877. The van der Waals surface area contributed by atoms with E-state index in [4.69, 9.17) is 11.6 Å². The molecule has 2 saturated heterocycles.